The molecule has 0 aliphatic rings. The third kappa shape index (κ3) is 3.31. The van der Waals surface area contributed by atoms with Gasteiger partial charge in [-0.3, -0.25) is 4.57 Å². The molecule has 1 aromatic heterocycles. The Morgan fingerprint density at radius 2 is 2.00 bits per heavy atom. The molecule has 4 heteroatoms. The Balaban J connectivity index is 1.97. The minimum absolute atomic E-state index is 1.03. The minimum atomic E-state index is 1.03. The summed E-state index contributed by atoms with van der Waals surface area (Å²) in [4.78, 5) is 0. The number of unbranched alkanes of at least 4 members (excludes halogenated alkanes) is 2. The molecule has 0 aliphatic heterocycles. The Hall–Kier alpha value is -1.84. The maximum atomic E-state index is 3.81. The molecule has 0 spiro atoms. The summed E-state index contributed by atoms with van der Waals surface area (Å²) in [5, 5.41) is 11.0. The topological polar surface area (TPSA) is 42.7 Å². The summed E-state index contributed by atoms with van der Waals surface area (Å²) < 4.78 is 1.90. The number of anilines is 1. The van der Waals surface area contributed by atoms with Crippen LogP contribution in [0, 0.1) is 0 Å². The molecule has 0 saturated heterocycles. The summed E-state index contributed by atoms with van der Waals surface area (Å²) in [7, 11) is 0. The highest BCUT2D eigenvalue weighted by Gasteiger charge is 1.97. The van der Waals surface area contributed by atoms with E-state index in [0.29, 0.717) is 0 Å². The van der Waals surface area contributed by atoms with Crippen LogP contribution in [0.3, 0.4) is 0 Å². The molecular formula is C13H18N4. The molecule has 0 saturated carbocycles. The fourth-order valence-electron chi connectivity index (χ4n) is 1.72. The first kappa shape index (κ1) is 11.6. The van der Waals surface area contributed by atoms with Crippen molar-refractivity contribution in [2.45, 2.75) is 26.2 Å². The van der Waals surface area contributed by atoms with Crippen molar-refractivity contribution in [3.63, 3.8) is 0 Å². The van der Waals surface area contributed by atoms with Crippen molar-refractivity contribution < 1.29 is 0 Å². The van der Waals surface area contributed by atoms with Crippen molar-refractivity contribution in [3.05, 3.63) is 36.9 Å². The molecule has 1 N–H and O–H groups in total. The quantitative estimate of drug-likeness (QED) is 0.776. The maximum absolute atomic E-state index is 3.81. The van der Waals surface area contributed by atoms with Gasteiger partial charge in [0.1, 0.15) is 12.7 Å². The first-order chi connectivity index (χ1) is 8.40. The number of rotatable bonds is 6. The van der Waals surface area contributed by atoms with E-state index in [2.05, 4.69) is 34.6 Å². The third-order valence-corrected chi connectivity index (χ3v) is 2.67. The van der Waals surface area contributed by atoms with Crippen LogP contribution in [-0.4, -0.2) is 21.3 Å². The van der Waals surface area contributed by atoms with Gasteiger partial charge in [-0.1, -0.05) is 25.8 Å². The van der Waals surface area contributed by atoms with E-state index >= 15 is 0 Å². The zero-order valence-corrected chi connectivity index (χ0v) is 10.1. The van der Waals surface area contributed by atoms with Crippen molar-refractivity contribution in [3.8, 4) is 5.69 Å². The monoisotopic (exact) mass is 230 g/mol. The molecular weight excluding hydrogens is 212 g/mol. The van der Waals surface area contributed by atoms with Crippen molar-refractivity contribution in [1.82, 2.24) is 14.8 Å². The van der Waals surface area contributed by atoms with Crippen LogP contribution < -0.4 is 5.32 Å². The van der Waals surface area contributed by atoms with E-state index in [1.165, 1.54) is 19.3 Å². The zero-order chi connectivity index (χ0) is 11.9. The normalized spacial score (nSPS) is 10.4. The maximum Gasteiger partial charge on any atom is 0.123 e. The first-order valence-corrected chi connectivity index (χ1v) is 6.09. The molecule has 4 nitrogen and oxygen atoms in total. The van der Waals surface area contributed by atoms with E-state index in [1.54, 1.807) is 12.7 Å². The molecule has 0 atom stereocenters. The van der Waals surface area contributed by atoms with Gasteiger partial charge < -0.3 is 5.32 Å². The minimum Gasteiger partial charge on any atom is -0.385 e. The number of nitrogens with zero attached hydrogens (tertiary/aromatic N) is 3. The highest BCUT2D eigenvalue weighted by molar-refractivity contribution is 5.50. The summed E-state index contributed by atoms with van der Waals surface area (Å²) in [6.07, 6.45) is 7.15. The Bertz CT molecular complexity index is 436. The van der Waals surface area contributed by atoms with Gasteiger partial charge in [0.2, 0.25) is 0 Å². The van der Waals surface area contributed by atoms with Crippen LogP contribution >= 0.6 is 0 Å². The van der Waals surface area contributed by atoms with Crippen molar-refractivity contribution in [2.24, 2.45) is 0 Å². The number of hydrogen-bond acceptors (Lipinski definition) is 3. The average Bonchev–Trinajstić information content (AvgIpc) is 2.89. The van der Waals surface area contributed by atoms with Gasteiger partial charge in [-0.05, 0) is 24.6 Å². The smallest absolute Gasteiger partial charge is 0.123 e. The molecule has 0 unspecified atom stereocenters. The number of hydrogen-bond donors (Lipinski definition) is 1. The standard InChI is InChI=1S/C13H18N4/c1-2-3-4-8-14-12-6-5-7-13(9-12)17-10-15-16-11-17/h5-7,9-11,14H,2-4,8H2,1H3. The van der Waals surface area contributed by atoms with Gasteiger partial charge in [0.15, 0.2) is 0 Å². The summed E-state index contributed by atoms with van der Waals surface area (Å²) in [5.74, 6) is 0. The fourth-order valence-corrected chi connectivity index (χ4v) is 1.72. The van der Waals surface area contributed by atoms with Gasteiger partial charge in [-0.15, -0.1) is 10.2 Å². The molecule has 17 heavy (non-hydrogen) atoms. The predicted octanol–water partition coefficient (Wildman–Crippen LogP) is 2.87. The lowest BCUT2D eigenvalue weighted by molar-refractivity contribution is 0.744. The number of aromatic nitrogens is 3. The van der Waals surface area contributed by atoms with Crippen molar-refractivity contribution in [1.29, 1.82) is 0 Å². The van der Waals surface area contributed by atoms with Crippen LogP contribution in [0.25, 0.3) is 5.69 Å². The van der Waals surface area contributed by atoms with E-state index < -0.39 is 0 Å². The van der Waals surface area contributed by atoms with E-state index in [9.17, 15) is 0 Å². The molecule has 90 valence electrons. The van der Waals surface area contributed by atoms with E-state index in [4.69, 9.17) is 0 Å². The molecule has 0 aliphatic carbocycles. The van der Waals surface area contributed by atoms with Crippen molar-refractivity contribution in [2.75, 3.05) is 11.9 Å². The second kappa shape index (κ2) is 6.03. The highest BCUT2D eigenvalue weighted by Crippen LogP contribution is 2.14. The van der Waals surface area contributed by atoms with Crippen LogP contribution in [0.1, 0.15) is 26.2 Å². The summed E-state index contributed by atoms with van der Waals surface area (Å²) in [5.41, 5.74) is 2.22. The Kier molecular flexibility index (Phi) is 4.13. The molecule has 0 bridgehead atoms. The summed E-state index contributed by atoms with van der Waals surface area (Å²) in [6.45, 7) is 3.24. The van der Waals surface area contributed by atoms with Crippen LogP contribution in [0.15, 0.2) is 36.9 Å². The second-order valence-electron chi connectivity index (χ2n) is 4.05. The molecule has 2 rings (SSSR count). The van der Waals surface area contributed by atoms with Crippen LogP contribution in [-0.2, 0) is 0 Å². The fraction of sp³-hybridized carbons (Fsp3) is 0.385. The zero-order valence-electron chi connectivity index (χ0n) is 10.1. The summed E-state index contributed by atoms with van der Waals surface area (Å²) in [6, 6.07) is 8.27. The highest BCUT2D eigenvalue weighted by atomic mass is 15.2. The van der Waals surface area contributed by atoms with E-state index in [-0.39, 0.29) is 0 Å². The lowest BCUT2D eigenvalue weighted by Crippen LogP contribution is -2.01. The van der Waals surface area contributed by atoms with Gasteiger partial charge in [-0.2, -0.15) is 0 Å². The Morgan fingerprint density at radius 1 is 1.18 bits per heavy atom. The number of nitrogens with one attached hydrogen (secondary N) is 1. The predicted molar refractivity (Wildman–Crippen MR) is 69.4 cm³/mol. The van der Waals surface area contributed by atoms with Gasteiger partial charge >= 0.3 is 0 Å². The van der Waals surface area contributed by atoms with Gasteiger partial charge in [0, 0.05) is 12.2 Å². The molecule has 2 aromatic rings. The molecule has 1 aromatic carbocycles. The van der Waals surface area contributed by atoms with Crippen LogP contribution in [0.5, 0.6) is 0 Å². The first-order valence-electron chi connectivity index (χ1n) is 6.09. The number of benzene rings is 1. The second-order valence-corrected chi connectivity index (χ2v) is 4.05. The lowest BCUT2D eigenvalue weighted by Gasteiger charge is -2.08. The largest absolute Gasteiger partial charge is 0.385 e. The van der Waals surface area contributed by atoms with Crippen LogP contribution in [0.4, 0.5) is 5.69 Å². The molecule has 1 heterocycles. The third-order valence-electron chi connectivity index (χ3n) is 2.67. The average molecular weight is 230 g/mol. The van der Waals surface area contributed by atoms with E-state index in [1.807, 2.05) is 16.7 Å². The van der Waals surface area contributed by atoms with Crippen LogP contribution in [0.2, 0.25) is 0 Å². The Morgan fingerprint density at radius 3 is 2.76 bits per heavy atom. The van der Waals surface area contributed by atoms with Crippen molar-refractivity contribution >= 4 is 5.69 Å². The lowest BCUT2D eigenvalue weighted by atomic mass is 10.2. The van der Waals surface area contributed by atoms with Gasteiger partial charge in [-0.25, -0.2) is 0 Å². The Labute approximate surface area is 102 Å². The summed E-state index contributed by atoms with van der Waals surface area (Å²) >= 11 is 0. The van der Waals surface area contributed by atoms with E-state index in [0.717, 1.165) is 17.9 Å². The van der Waals surface area contributed by atoms with Gasteiger partial charge in [0.25, 0.3) is 0 Å². The molecule has 0 radical (unpaired) electrons. The molecule has 0 amide bonds. The molecule has 0 fully saturated rings. The SMILES string of the molecule is CCCCCNc1cccc(-n2cnnc2)c1. The van der Waals surface area contributed by atoms with Gasteiger partial charge in [0.05, 0.1) is 5.69 Å².